The Balaban J connectivity index is 4.07. The van der Waals surface area contributed by atoms with Crippen molar-refractivity contribution in [2.24, 2.45) is 4.99 Å². The largest absolute Gasteiger partial charge is 0.373 e. The highest BCUT2D eigenvalue weighted by molar-refractivity contribution is 5.90. The van der Waals surface area contributed by atoms with E-state index in [1.165, 1.54) is 0 Å². The van der Waals surface area contributed by atoms with Crippen molar-refractivity contribution in [3.8, 4) is 0 Å². The van der Waals surface area contributed by atoms with E-state index in [-0.39, 0.29) is 0 Å². The highest BCUT2D eigenvalue weighted by Gasteiger charge is 1.85. The van der Waals surface area contributed by atoms with Gasteiger partial charge in [-0.2, -0.15) is 0 Å². The van der Waals surface area contributed by atoms with Crippen molar-refractivity contribution in [3.05, 3.63) is 11.9 Å². The molecule has 0 unspecified atom stereocenters. The predicted molar refractivity (Wildman–Crippen MR) is 40.1 cm³/mol. The second-order valence-corrected chi connectivity index (χ2v) is 1.62. The van der Waals surface area contributed by atoms with Gasteiger partial charge in [0, 0.05) is 18.8 Å². The van der Waals surface area contributed by atoms with E-state index < -0.39 is 0 Å². The van der Waals surface area contributed by atoms with Gasteiger partial charge in [0.1, 0.15) is 5.82 Å². The summed E-state index contributed by atoms with van der Waals surface area (Å²) < 4.78 is 0. The molecule has 2 N–H and O–H groups in total. The Hall–Kier alpha value is -1.12. The molecule has 0 saturated carbocycles. The molecular formula is C6H11N3. The fourth-order valence-corrected chi connectivity index (χ4v) is 0.402. The first-order valence-electron chi connectivity index (χ1n) is 2.62. The molecule has 0 fully saturated rings. The van der Waals surface area contributed by atoms with Gasteiger partial charge in [-0.3, -0.25) is 0 Å². The van der Waals surface area contributed by atoms with E-state index in [4.69, 9.17) is 5.41 Å². The fraction of sp³-hybridized carbons (Fsp3) is 0.333. The summed E-state index contributed by atoms with van der Waals surface area (Å²) in [5.74, 6) is 0.627. The molecule has 9 heavy (non-hydrogen) atoms. The maximum atomic E-state index is 7.03. The summed E-state index contributed by atoms with van der Waals surface area (Å²) in [5.41, 5.74) is 0.465. The van der Waals surface area contributed by atoms with Crippen molar-refractivity contribution in [2.75, 3.05) is 7.05 Å². The Morgan fingerprint density at radius 2 is 2.33 bits per heavy atom. The molecule has 0 radical (unpaired) electrons. The Labute approximate surface area is 55.0 Å². The topological polar surface area (TPSA) is 48.2 Å². The van der Waals surface area contributed by atoms with Crippen LogP contribution in [0.25, 0.3) is 0 Å². The standard InChI is InChI=1S/C6H11N3/c1-5(7)4-6(8-2)9-3/h4,7,9H,2H2,1,3H3/b6-4+,7-5?. The van der Waals surface area contributed by atoms with Gasteiger partial charge in [-0.15, -0.1) is 0 Å². The summed E-state index contributed by atoms with van der Waals surface area (Å²) in [7, 11) is 1.74. The second-order valence-electron chi connectivity index (χ2n) is 1.62. The van der Waals surface area contributed by atoms with E-state index in [0.29, 0.717) is 11.5 Å². The zero-order chi connectivity index (χ0) is 7.28. The molecule has 0 heterocycles. The summed E-state index contributed by atoms with van der Waals surface area (Å²) in [6.45, 7) is 4.99. The molecule has 0 aliphatic heterocycles. The van der Waals surface area contributed by atoms with Gasteiger partial charge in [0.05, 0.1) is 0 Å². The van der Waals surface area contributed by atoms with Crippen LogP contribution in [0.2, 0.25) is 0 Å². The SMILES string of the molecule is C=N/C(=C\C(C)=N)NC. The van der Waals surface area contributed by atoms with Crippen LogP contribution in [0.1, 0.15) is 6.92 Å². The molecule has 0 aliphatic rings. The minimum atomic E-state index is 0.465. The third-order valence-electron chi connectivity index (χ3n) is 0.780. The molecular weight excluding hydrogens is 114 g/mol. The zero-order valence-electron chi connectivity index (χ0n) is 5.73. The van der Waals surface area contributed by atoms with Crippen LogP contribution in [0.15, 0.2) is 16.9 Å². The second kappa shape index (κ2) is 3.83. The molecule has 0 atom stereocenters. The van der Waals surface area contributed by atoms with Crippen molar-refractivity contribution >= 4 is 12.4 Å². The van der Waals surface area contributed by atoms with Gasteiger partial charge in [0.15, 0.2) is 0 Å². The molecule has 50 valence electrons. The lowest BCUT2D eigenvalue weighted by Gasteiger charge is -1.95. The number of nitrogens with one attached hydrogen (secondary N) is 2. The predicted octanol–water partition coefficient (Wildman–Crippen LogP) is 0.787. The summed E-state index contributed by atoms with van der Waals surface area (Å²) in [6, 6.07) is 0. The van der Waals surface area contributed by atoms with Gasteiger partial charge in [0.25, 0.3) is 0 Å². The highest BCUT2D eigenvalue weighted by atomic mass is 15.0. The van der Waals surface area contributed by atoms with Crippen molar-refractivity contribution in [1.29, 1.82) is 5.41 Å². The van der Waals surface area contributed by atoms with E-state index in [1.807, 2.05) is 0 Å². The maximum Gasteiger partial charge on any atom is 0.126 e. The van der Waals surface area contributed by atoms with Crippen molar-refractivity contribution in [3.63, 3.8) is 0 Å². The lowest BCUT2D eigenvalue weighted by Crippen LogP contribution is -2.04. The van der Waals surface area contributed by atoms with Crippen LogP contribution >= 0.6 is 0 Å². The van der Waals surface area contributed by atoms with Gasteiger partial charge in [-0.05, 0) is 13.6 Å². The maximum absolute atomic E-state index is 7.03. The van der Waals surface area contributed by atoms with Crippen LogP contribution in [-0.2, 0) is 0 Å². The summed E-state index contributed by atoms with van der Waals surface area (Å²) in [4.78, 5) is 3.61. The number of aliphatic imine (C=N–C) groups is 1. The molecule has 0 spiro atoms. The van der Waals surface area contributed by atoms with E-state index >= 15 is 0 Å². The molecule has 0 aliphatic carbocycles. The van der Waals surface area contributed by atoms with Gasteiger partial charge < -0.3 is 10.7 Å². The molecule has 0 saturated heterocycles. The molecule has 0 rings (SSSR count). The monoisotopic (exact) mass is 125 g/mol. The number of allylic oxidation sites excluding steroid dienone is 1. The van der Waals surface area contributed by atoms with Gasteiger partial charge in [0.2, 0.25) is 0 Å². The number of rotatable bonds is 3. The fourth-order valence-electron chi connectivity index (χ4n) is 0.402. The van der Waals surface area contributed by atoms with Gasteiger partial charge >= 0.3 is 0 Å². The van der Waals surface area contributed by atoms with Gasteiger partial charge in [-0.25, -0.2) is 4.99 Å². The quantitative estimate of drug-likeness (QED) is 0.538. The van der Waals surface area contributed by atoms with E-state index in [2.05, 4.69) is 17.0 Å². The lowest BCUT2D eigenvalue weighted by atomic mass is 10.4. The smallest absolute Gasteiger partial charge is 0.126 e. The van der Waals surface area contributed by atoms with E-state index in [9.17, 15) is 0 Å². The van der Waals surface area contributed by atoms with Crippen LogP contribution in [0.5, 0.6) is 0 Å². The molecule has 3 nitrogen and oxygen atoms in total. The third kappa shape index (κ3) is 3.46. The molecule has 0 bridgehead atoms. The molecule has 0 aromatic carbocycles. The van der Waals surface area contributed by atoms with Crippen molar-refractivity contribution in [2.45, 2.75) is 6.92 Å². The average Bonchev–Trinajstić information content (AvgIpc) is 1.82. The van der Waals surface area contributed by atoms with Gasteiger partial charge in [-0.1, -0.05) is 0 Å². The molecule has 0 aromatic heterocycles. The summed E-state index contributed by atoms with van der Waals surface area (Å²) in [5, 5.41) is 9.80. The normalized spacial score (nSPS) is 10.7. The van der Waals surface area contributed by atoms with Crippen molar-refractivity contribution in [1.82, 2.24) is 5.32 Å². The van der Waals surface area contributed by atoms with Crippen LogP contribution in [0.3, 0.4) is 0 Å². The zero-order valence-corrected chi connectivity index (χ0v) is 5.73. The third-order valence-corrected chi connectivity index (χ3v) is 0.780. The number of nitrogens with zero attached hydrogens (tertiary/aromatic N) is 1. The van der Waals surface area contributed by atoms with Crippen molar-refractivity contribution < 1.29 is 0 Å². The number of hydrogen-bond acceptors (Lipinski definition) is 3. The minimum absolute atomic E-state index is 0.465. The van der Waals surface area contributed by atoms with Crippen LogP contribution in [0, 0.1) is 5.41 Å². The Bertz CT molecular complexity index is 146. The Kier molecular flexibility index (Phi) is 3.35. The number of hydrogen-bond donors (Lipinski definition) is 2. The van der Waals surface area contributed by atoms with E-state index in [0.717, 1.165) is 0 Å². The Morgan fingerprint density at radius 1 is 1.78 bits per heavy atom. The van der Waals surface area contributed by atoms with Crippen LogP contribution in [0.4, 0.5) is 0 Å². The first-order chi connectivity index (χ1) is 4.20. The Morgan fingerprint density at radius 3 is 2.44 bits per heavy atom. The first kappa shape index (κ1) is 7.88. The summed E-state index contributed by atoms with van der Waals surface area (Å²) >= 11 is 0. The van der Waals surface area contributed by atoms with E-state index in [1.54, 1.807) is 20.0 Å². The van der Waals surface area contributed by atoms with Crippen LogP contribution < -0.4 is 5.32 Å². The summed E-state index contributed by atoms with van der Waals surface area (Å²) in [6.07, 6.45) is 1.60. The molecule has 0 amide bonds. The average molecular weight is 125 g/mol. The first-order valence-corrected chi connectivity index (χ1v) is 2.62. The molecule has 3 heteroatoms. The lowest BCUT2D eigenvalue weighted by molar-refractivity contribution is 0.972. The van der Waals surface area contributed by atoms with Crippen LogP contribution in [-0.4, -0.2) is 19.5 Å². The minimum Gasteiger partial charge on any atom is -0.373 e. The molecule has 0 aromatic rings. The highest BCUT2D eigenvalue weighted by Crippen LogP contribution is 1.87.